The van der Waals surface area contributed by atoms with E-state index in [-0.39, 0.29) is 5.91 Å². The molecule has 1 aliphatic rings. The van der Waals surface area contributed by atoms with E-state index in [9.17, 15) is 4.79 Å². The Kier molecular flexibility index (Phi) is 3.42. The highest BCUT2D eigenvalue weighted by Gasteiger charge is 2.20. The zero-order valence-corrected chi connectivity index (χ0v) is 11.8. The molecule has 0 fully saturated rings. The molecule has 0 bridgehead atoms. The maximum atomic E-state index is 12.1. The molecule has 1 aliphatic carbocycles. The first-order chi connectivity index (χ1) is 9.22. The zero-order valence-electron chi connectivity index (χ0n) is 10.9. The van der Waals surface area contributed by atoms with Gasteiger partial charge in [-0.05, 0) is 48.9 Å². The molecule has 0 unspecified atom stereocenters. The Morgan fingerprint density at radius 2 is 2.47 bits per heavy atom. The van der Waals surface area contributed by atoms with E-state index in [2.05, 4.69) is 18.3 Å². The van der Waals surface area contributed by atoms with Crippen molar-refractivity contribution in [2.45, 2.75) is 32.7 Å². The molecule has 0 saturated heterocycles. The predicted octanol–water partition coefficient (Wildman–Crippen LogP) is 3.40. The van der Waals surface area contributed by atoms with E-state index in [4.69, 9.17) is 4.42 Å². The smallest absolute Gasteiger partial charge is 0.261 e. The second-order valence-electron chi connectivity index (χ2n) is 5.17. The Morgan fingerprint density at radius 1 is 1.58 bits per heavy atom. The van der Waals surface area contributed by atoms with Crippen LogP contribution in [-0.4, -0.2) is 5.91 Å². The summed E-state index contributed by atoms with van der Waals surface area (Å²) < 4.78 is 5.20. The first-order valence-electron chi connectivity index (χ1n) is 6.64. The van der Waals surface area contributed by atoms with Gasteiger partial charge in [0, 0.05) is 4.88 Å². The summed E-state index contributed by atoms with van der Waals surface area (Å²) in [5.41, 5.74) is 1.37. The average Bonchev–Trinajstić information content (AvgIpc) is 3.04. The van der Waals surface area contributed by atoms with Crippen LogP contribution in [0.4, 0.5) is 0 Å². The van der Waals surface area contributed by atoms with Crippen molar-refractivity contribution in [3.8, 4) is 0 Å². The molecule has 1 N–H and O–H groups in total. The van der Waals surface area contributed by atoms with E-state index < -0.39 is 0 Å². The van der Waals surface area contributed by atoms with Gasteiger partial charge in [-0.3, -0.25) is 4.79 Å². The van der Waals surface area contributed by atoms with E-state index in [1.54, 1.807) is 17.6 Å². The van der Waals surface area contributed by atoms with Crippen LogP contribution < -0.4 is 5.32 Å². The highest BCUT2D eigenvalue weighted by Crippen LogP contribution is 2.32. The molecule has 0 spiro atoms. The molecule has 0 radical (unpaired) electrons. The predicted molar refractivity (Wildman–Crippen MR) is 75.4 cm³/mol. The fourth-order valence-corrected chi connectivity index (χ4v) is 3.61. The van der Waals surface area contributed by atoms with Gasteiger partial charge in [-0.1, -0.05) is 6.92 Å². The van der Waals surface area contributed by atoms with Crippen LogP contribution in [0.15, 0.2) is 28.9 Å². The number of rotatable bonds is 3. The van der Waals surface area contributed by atoms with Gasteiger partial charge in [0.2, 0.25) is 0 Å². The van der Waals surface area contributed by atoms with Gasteiger partial charge in [0.15, 0.2) is 0 Å². The van der Waals surface area contributed by atoms with Crippen molar-refractivity contribution in [3.05, 3.63) is 45.5 Å². The van der Waals surface area contributed by atoms with Gasteiger partial charge in [0.05, 0.1) is 17.7 Å². The first-order valence-corrected chi connectivity index (χ1v) is 7.46. The summed E-state index contributed by atoms with van der Waals surface area (Å²) in [6.07, 6.45) is 5.08. The summed E-state index contributed by atoms with van der Waals surface area (Å²) >= 11 is 1.64. The highest BCUT2D eigenvalue weighted by molar-refractivity contribution is 7.14. The molecule has 1 atom stereocenters. The third-order valence-corrected chi connectivity index (χ3v) is 4.79. The Hall–Kier alpha value is -1.55. The number of carbonyl (C=O) groups is 1. The summed E-state index contributed by atoms with van der Waals surface area (Å²) in [6.45, 7) is 2.72. The lowest BCUT2D eigenvalue weighted by Crippen LogP contribution is -2.21. The van der Waals surface area contributed by atoms with E-state index in [1.807, 2.05) is 12.1 Å². The number of fused-ring (bicyclic) bond motifs is 1. The van der Waals surface area contributed by atoms with Gasteiger partial charge >= 0.3 is 0 Å². The Morgan fingerprint density at radius 3 is 3.26 bits per heavy atom. The van der Waals surface area contributed by atoms with Crippen LogP contribution in [-0.2, 0) is 19.4 Å². The quantitative estimate of drug-likeness (QED) is 0.933. The lowest BCUT2D eigenvalue weighted by atomic mass is 9.90. The van der Waals surface area contributed by atoms with Gasteiger partial charge in [0.1, 0.15) is 5.76 Å². The van der Waals surface area contributed by atoms with Crippen molar-refractivity contribution in [3.63, 3.8) is 0 Å². The molecule has 0 aliphatic heterocycles. The summed E-state index contributed by atoms with van der Waals surface area (Å²) in [5, 5.41) is 2.90. The summed E-state index contributed by atoms with van der Waals surface area (Å²) in [5.74, 6) is 1.52. The van der Waals surface area contributed by atoms with Crippen molar-refractivity contribution in [1.82, 2.24) is 5.32 Å². The fourth-order valence-electron chi connectivity index (χ4n) is 2.49. The van der Waals surface area contributed by atoms with E-state index in [0.717, 1.165) is 29.4 Å². The zero-order chi connectivity index (χ0) is 13.2. The second-order valence-corrected chi connectivity index (χ2v) is 6.31. The van der Waals surface area contributed by atoms with Crippen LogP contribution in [0, 0.1) is 5.92 Å². The number of hydrogen-bond donors (Lipinski definition) is 1. The molecule has 1 amide bonds. The maximum absolute atomic E-state index is 12.1. The van der Waals surface area contributed by atoms with Gasteiger partial charge in [-0.25, -0.2) is 0 Å². The number of amides is 1. The number of furan rings is 1. The van der Waals surface area contributed by atoms with E-state index >= 15 is 0 Å². The lowest BCUT2D eigenvalue weighted by Gasteiger charge is -2.16. The van der Waals surface area contributed by atoms with Crippen molar-refractivity contribution in [2.24, 2.45) is 5.92 Å². The minimum Gasteiger partial charge on any atom is -0.467 e. The van der Waals surface area contributed by atoms with Gasteiger partial charge in [-0.2, -0.15) is 0 Å². The highest BCUT2D eigenvalue weighted by atomic mass is 32.1. The van der Waals surface area contributed by atoms with Crippen LogP contribution in [0.2, 0.25) is 0 Å². The number of thiophene rings is 1. The molecular weight excluding hydrogens is 258 g/mol. The maximum Gasteiger partial charge on any atom is 0.261 e. The first kappa shape index (κ1) is 12.5. The Balaban J connectivity index is 1.67. The van der Waals surface area contributed by atoms with Crippen LogP contribution in [0.3, 0.4) is 0 Å². The Labute approximate surface area is 116 Å². The fraction of sp³-hybridized carbons (Fsp3) is 0.400. The molecule has 2 heterocycles. The molecule has 0 saturated carbocycles. The van der Waals surface area contributed by atoms with Crippen molar-refractivity contribution in [2.75, 3.05) is 0 Å². The molecule has 3 nitrogen and oxygen atoms in total. The van der Waals surface area contributed by atoms with Gasteiger partial charge < -0.3 is 9.73 Å². The number of hydrogen-bond acceptors (Lipinski definition) is 3. The lowest BCUT2D eigenvalue weighted by molar-refractivity contribution is 0.0952. The normalized spacial score (nSPS) is 18.1. The molecule has 2 aromatic heterocycles. The van der Waals surface area contributed by atoms with Crippen molar-refractivity contribution in [1.29, 1.82) is 0 Å². The molecular formula is C15H17NO2S. The van der Waals surface area contributed by atoms with Crippen molar-refractivity contribution >= 4 is 17.2 Å². The van der Waals surface area contributed by atoms with Crippen LogP contribution >= 0.6 is 11.3 Å². The second kappa shape index (κ2) is 5.21. The molecule has 0 aromatic carbocycles. The van der Waals surface area contributed by atoms with Crippen molar-refractivity contribution < 1.29 is 9.21 Å². The summed E-state index contributed by atoms with van der Waals surface area (Å²) in [4.78, 5) is 14.3. The SMILES string of the molecule is C[C@H]1CCc2sc(C(=O)NCc3ccco3)cc2C1. The third-order valence-electron chi connectivity index (χ3n) is 3.56. The average molecular weight is 275 g/mol. The number of nitrogens with one attached hydrogen (secondary N) is 1. The van der Waals surface area contributed by atoms with Crippen LogP contribution in [0.5, 0.6) is 0 Å². The minimum absolute atomic E-state index is 0.00320. The number of carbonyl (C=O) groups excluding carboxylic acids is 1. The molecule has 4 heteroatoms. The monoisotopic (exact) mass is 275 g/mol. The van der Waals surface area contributed by atoms with Crippen LogP contribution in [0.1, 0.15) is 39.2 Å². The number of aryl methyl sites for hydroxylation is 1. The standard InChI is InChI=1S/C15H17NO2S/c1-10-4-5-13-11(7-10)8-14(19-13)15(17)16-9-12-3-2-6-18-12/h2-3,6,8,10H,4-5,7,9H2,1H3,(H,16,17)/t10-/m0/s1. The Bertz CT molecular complexity index is 571. The molecule has 19 heavy (non-hydrogen) atoms. The van der Waals surface area contributed by atoms with Gasteiger partial charge in [-0.15, -0.1) is 11.3 Å². The van der Waals surface area contributed by atoms with Gasteiger partial charge in [0.25, 0.3) is 5.91 Å². The van der Waals surface area contributed by atoms with E-state index in [0.29, 0.717) is 6.54 Å². The van der Waals surface area contributed by atoms with Crippen LogP contribution in [0.25, 0.3) is 0 Å². The van der Waals surface area contributed by atoms with E-state index in [1.165, 1.54) is 16.9 Å². The largest absolute Gasteiger partial charge is 0.467 e. The summed E-state index contributed by atoms with van der Waals surface area (Å²) in [7, 11) is 0. The molecule has 3 rings (SSSR count). The topological polar surface area (TPSA) is 42.2 Å². The molecule has 2 aromatic rings. The molecule has 100 valence electrons. The third kappa shape index (κ3) is 2.73. The minimum atomic E-state index is 0.00320. The summed E-state index contributed by atoms with van der Waals surface area (Å²) in [6, 6.07) is 5.75.